The van der Waals surface area contributed by atoms with Crippen molar-refractivity contribution in [2.75, 3.05) is 19.6 Å². The molecule has 5 heteroatoms. The Balaban J connectivity index is 1.69. The highest BCUT2D eigenvalue weighted by atomic mass is 15.3. The molecule has 1 atom stereocenters. The van der Waals surface area contributed by atoms with Crippen LogP contribution in [-0.2, 0) is 6.54 Å². The predicted octanol–water partition coefficient (Wildman–Crippen LogP) is 2.73. The minimum Gasteiger partial charge on any atom is -0.312 e. The maximum atomic E-state index is 4.88. The first-order valence-corrected chi connectivity index (χ1v) is 8.80. The van der Waals surface area contributed by atoms with Gasteiger partial charge in [-0.2, -0.15) is 5.10 Å². The van der Waals surface area contributed by atoms with Gasteiger partial charge in [0.15, 0.2) is 0 Å². The third-order valence-electron chi connectivity index (χ3n) is 4.61. The number of aromatic nitrogens is 3. The summed E-state index contributed by atoms with van der Waals surface area (Å²) < 4.78 is 1.98. The Hall–Kier alpha value is -2.50. The van der Waals surface area contributed by atoms with E-state index in [1.54, 1.807) is 0 Å². The van der Waals surface area contributed by atoms with Gasteiger partial charge in [0.25, 0.3) is 0 Å². The summed E-state index contributed by atoms with van der Waals surface area (Å²) >= 11 is 0. The second-order valence-corrected chi connectivity index (χ2v) is 6.61. The quantitative estimate of drug-likeness (QED) is 0.797. The highest BCUT2D eigenvalue weighted by molar-refractivity contribution is 5.62. The zero-order valence-electron chi connectivity index (χ0n) is 14.5. The average Bonchev–Trinajstić information content (AvgIpc) is 3.07. The molecule has 1 aliphatic heterocycles. The van der Waals surface area contributed by atoms with Crippen LogP contribution in [0, 0.1) is 0 Å². The maximum Gasteiger partial charge on any atom is 0.0973 e. The van der Waals surface area contributed by atoms with E-state index in [4.69, 9.17) is 5.10 Å². The summed E-state index contributed by atoms with van der Waals surface area (Å²) in [6.45, 7) is 6.32. The van der Waals surface area contributed by atoms with Gasteiger partial charge in [0.05, 0.1) is 11.4 Å². The standard InChI is InChI=1S/C20H23N5/c1-16-13-24(12-11-22-16)14-18-15-25(19-5-3-2-4-6-19)23-20(18)17-7-9-21-10-8-17/h2-10,15-16,22H,11-14H2,1H3/t16-/m1/s1. The minimum absolute atomic E-state index is 0.530. The fourth-order valence-electron chi connectivity index (χ4n) is 3.39. The van der Waals surface area contributed by atoms with E-state index in [1.807, 2.05) is 47.4 Å². The number of para-hydroxylation sites is 1. The lowest BCUT2D eigenvalue weighted by Crippen LogP contribution is -2.48. The van der Waals surface area contributed by atoms with Crippen LogP contribution in [0.25, 0.3) is 16.9 Å². The van der Waals surface area contributed by atoms with E-state index in [2.05, 4.69) is 40.5 Å². The monoisotopic (exact) mass is 333 g/mol. The molecule has 0 spiro atoms. The van der Waals surface area contributed by atoms with Gasteiger partial charge in [-0.25, -0.2) is 4.68 Å². The van der Waals surface area contributed by atoms with E-state index in [-0.39, 0.29) is 0 Å². The zero-order chi connectivity index (χ0) is 17.1. The van der Waals surface area contributed by atoms with Crippen LogP contribution in [0.2, 0.25) is 0 Å². The van der Waals surface area contributed by atoms with Crippen LogP contribution in [0.1, 0.15) is 12.5 Å². The highest BCUT2D eigenvalue weighted by Crippen LogP contribution is 2.24. The van der Waals surface area contributed by atoms with Crippen molar-refractivity contribution < 1.29 is 0 Å². The molecule has 128 valence electrons. The van der Waals surface area contributed by atoms with E-state index >= 15 is 0 Å². The third kappa shape index (κ3) is 3.62. The summed E-state index contributed by atoms with van der Waals surface area (Å²) in [5.74, 6) is 0. The van der Waals surface area contributed by atoms with Crippen LogP contribution >= 0.6 is 0 Å². The number of piperazine rings is 1. The molecule has 1 saturated heterocycles. The first-order valence-electron chi connectivity index (χ1n) is 8.80. The Labute approximate surface area is 148 Å². The number of hydrogen-bond acceptors (Lipinski definition) is 4. The van der Waals surface area contributed by atoms with Crippen molar-refractivity contribution in [2.24, 2.45) is 0 Å². The molecular formula is C20H23N5. The number of hydrogen-bond donors (Lipinski definition) is 1. The number of nitrogens with zero attached hydrogens (tertiary/aromatic N) is 4. The molecule has 0 unspecified atom stereocenters. The van der Waals surface area contributed by atoms with Crippen molar-refractivity contribution >= 4 is 0 Å². The van der Waals surface area contributed by atoms with Crippen molar-refractivity contribution in [3.63, 3.8) is 0 Å². The molecule has 0 aliphatic carbocycles. The minimum atomic E-state index is 0.530. The van der Waals surface area contributed by atoms with Gasteiger partial charge in [0.1, 0.15) is 0 Å². The molecule has 1 fully saturated rings. The van der Waals surface area contributed by atoms with Gasteiger partial charge in [-0.1, -0.05) is 18.2 Å². The van der Waals surface area contributed by atoms with E-state index in [9.17, 15) is 0 Å². The van der Waals surface area contributed by atoms with Crippen molar-refractivity contribution in [3.8, 4) is 16.9 Å². The Kier molecular flexibility index (Phi) is 4.59. The van der Waals surface area contributed by atoms with Crippen LogP contribution in [0.3, 0.4) is 0 Å². The summed E-state index contributed by atoms with van der Waals surface area (Å²) in [6, 6.07) is 14.9. The molecule has 3 aromatic rings. The maximum absolute atomic E-state index is 4.88. The van der Waals surface area contributed by atoms with Crippen LogP contribution in [0.4, 0.5) is 0 Å². The molecule has 1 aliphatic rings. The molecule has 0 saturated carbocycles. The fourth-order valence-corrected chi connectivity index (χ4v) is 3.39. The molecule has 3 heterocycles. The molecule has 5 nitrogen and oxygen atoms in total. The molecule has 25 heavy (non-hydrogen) atoms. The molecule has 1 N–H and O–H groups in total. The van der Waals surface area contributed by atoms with E-state index in [0.29, 0.717) is 6.04 Å². The molecule has 1 aromatic carbocycles. The van der Waals surface area contributed by atoms with Crippen molar-refractivity contribution in [2.45, 2.75) is 19.5 Å². The molecule has 4 rings (SSSR count). The Morgan fingerprint density at radius 2 is 1.92 bits per heavy atom. The smallest absolute Gasteiger partial charge is 0.0973 e. The predicted molar refractivity (Wildman–Crippen MR) is 99.5 cm³/mol. The summed E-state index contributed by atoms with van der Waals surface area (Å²) in [5.41, 5.74) is 4.49. The average molecular weight is 333 g/mol. The van der Waals surface area contributed by atoms with Crippen LogP contribution in [-0.4, -0.2) is 45.3 Å². The normalized spacial score (nSPS) is 18.4. The fraction of sp³-hybridized carbons (Fsp3) is 0.300. The lowest BCUT2D eigenvalue weighted by atomic mass is 10.1. The van der Waals surface area contributed by atoms with Crippen molar-refractivity contribution in [1.82, 2.24) is 25.0 Å². The van der Waals surface area contributed by atoms with Crippen LogP contribution in [0.15, 0.2) is 61.1 Å². The molecule has 0 bridgehead atoms. The van der Waals surface area contributed by atoms with Gasteiger partial charge in [0, 0.05) is 61.9 Å². The second-order valence-electron chi connectivity index (χ2n) is 6.61. The first-order chi connectivity index (χ1) is 12.3. The topological polar surface area (TPSA) is 46.0 Å². The van der Waals surface area contributed by atoms with Gasteiger partial charge < -0.3 is 5.32 Å². The summed E-state index contributed by atoms with van der Waals surface area (Å²) in [7, 11) is 0. The number of benzene rings is 1. The summed E-state index contributed by atoms with van der Waals surface area (Å²) in [5, 5.41) is 8.39. The molecule has 0 radical (unpaired) electrons. The van der Waals surface area contributed by atoms with E-state index < -0.39 is 0 Å². The van der Waals surface area contributed by atoms with Gasteiger partial charge in [-0.3, -0.25) is 9.88 Å². The molecule has 0 amide bonds. The van der Waals surface area contributed by atoms with Crippen LogP contribution in [0.5, 0.6) is 0 Å². The lowest BCUT2D eigenvalue weighted by Gasteiger charge is -2.31. The molecule has 2 aromatic heterocycles. The van der Waals surface area contributed by atoms with Gasteiger partial charge in [-0.05, 0) is 31.2 Å². The third-order valence-corrected chi connectivity index (χ3v) is 4.61. The highest BCUT2D eigenvalue weighted by Gasteiger charge is 2.19. The summed E-state index contributed by atoms with van der Waals surface area (Å²) in [6.07, 6.45) is 5.82. The van der Waals surface area contributed by atoms with Gasteiger partial charge in [0.2, 0.25) is 0 Å². The van der Waals surface area contributed by atoms with Crippen LogP contribution < -0.4 is 5.32 Å². The van der Waals surface area contributed by atoms with Gasteiger partial charge >= 0.3 is 0 Å². The number of rotatable bonds is 4. The van der Waals surface area contributed by atoms with Crippen molar-refractivity contribution in [1.29, 1.82) is 0 Å². The largest absolute Gasteiger partial charge is 0.312 e. The Morgan fingerprint density at radius 3 is 2.68 bits per heavy atom. The van der Waals surface area contributed by atoms with E-state index in [1.165, 1.54) is 5.56 Å². The zero-order valence-corrected chi connectivity index (χ0v) is 14.5. The van der Waals surface area contributed by atoms with Gasteiger partial charge in [-0.15, -0.1) is 0 Å². The lowest BCUT2D eigenvalue weighted by molar-refractivity contribution is 0.200. The van der Waals surface area contributed by atoms with Crippen molar-refractivity contribution in [3.05, 3.63) is 66.6 Å². The summed E-state index contributed by atoms with van der Waals surface area (Å²) in [4.78, 5) is 6.64. The second kappa shape index (κ2) is 7.17. The number of pyridine rings is 1. The first kappa shape index (κ1) is 16.0. The SMILES string of the molecule is C[C@@H]1CN(Cc2cn(-c3ccccc3)nc2-c2ccncc2)CCN1. The molecular weight excluding hydrogens is 310 g/mol. The number of nitrogens with one attached hydrogen (secondary N) is 1. The Morgan fingerprint density at radius 1 is 1.12 bits per heavy atom. The van der Waals surface area contributed by atoms with E-state index in [0.717, 1.165) is 43.1 Å². The Bertz CT molecular complexity index is 813.